The number of hydrogen-bond acceptors (Lipinski definition) is 5. The van der Waals surface area contributed by atoms with Crippen molar-refractivity contribution in [1.82, 2.24) is 14.5 Å². The average molecular weight is 518 g/mol. The van der Waals surface area contributed by atoms with Gasteiger partial charge in [-0.05, 0) is 49.6 Å². The lowest BCUT2D eigenvalue weighted by Gasteiger charge is -2.30. The van der Waals surface area contributed by atoms with Crippen molar-refractivity contribution in [2.75, 3.05) is 6.54 Å². The molecule has 0 spiro atoms. The lowest BCUT2D eigenvalue weighted by molar-refractivity contribution is -0.140. The molecular weight excluding hydrogens is 490 g/mol. The number of nitrogens with one attached hydrogen (secondary N) is 1. The average Bonchev–Trinajstić information content (AvgIpc) is 3.42. The van der Waals surface area contributed by atoms with E-state index in [1.165, 1.54) is 17.0 Å². The van der Waals surface area contributed by atoms with E-state index in [4.69, 9.17) is 11.6 Å². The van der Waals surface area contributed by atoms with E-state index < -0.39 is 27.9 Å². The Hall–Kier alpha value is -2.91. The number of carbonyl (C=O) groups excluding carboxylic acids is 3. The SMILES string of the molecule is C[C@@H](C(=O)NC1CCCC1)N(Cc1ccc(Cl)cc1)C(=O)CCN1C(=O)c2ccccc2S1(=O)=O. The number of carbonyl (C=O) groups is 3. The fraction of sp³-hybridized carbons (Fsp3) is 0.400. The number of benzene rings is 2. The summed E-state index contributed by atoms with van der Waals surface area (Å²) in [5, 5.41) is 3.58. The predicted octanol–water partition coefficient (Wildman–Crippen LogP) is 3.35. The molecule has 1 aliphatic carbocycles. The van der Waals surface area contributed by atoms with Crippen LogP contribution in [-0.4, -0.2) is 54.0 Å². The summed E-state index contributed by atoms with van der Waals surface area (Å²) in [7, 11) is -4.01. The minimum atomic E-state index is -4.01. The normalized spacial score (nSPS) is 17.8. The molecule has 0 radical (unpaired) electrons. The zero-order valence-electron chi connectivity index (χ0n) is 19.4. The highest BCUT2D eigenvalue weighted by Crippen LogP contribution is 2.30. The molecule has 3 amide bonds. The zero-order valence-corrected chi connectivity index (χ0v) is 21.0. The van der Waals surface area contributed by atoms with Gasteiger partial charge in [0.2, 0.25) is 11.8 Å². The molecule has 2 aromatic carbocycles. The topological polar surface area (TPSA) is 104 Å². The molecule has 0 unspecified atom stereocenters. The van der Waals surface area contributed by atoms with Gasteiger partial charge in [0.1, 0.15) is 10.9 Å². The van der Waals surface area contributed by atoms with Gasteiger partial charge in [0.05, 0.1) is 5.56 Å². The first kappa shape index (κ1) is 25.2. The molecule has 4 rings (SSSR count). The second-order valence-electron chi connectivity index (χ2n) is 8.94. The maximum atomic E-state index is 13.3. The number of nitrogens with zero attached hydrogens (tertiary/aromatic N) is 2. The first-order valence-corrected chi connectivity index (χ1v) is 13.5. The number of amides is 3. The lowest BCUT2D eigenvalue weighted by Crippen LogP contribution is -2.50. The van der Waals surface area contributed by atoms with Crippen molar-refractivity contribution >= 4 is 39.3 Å². The van der Waals surface area contributed by atoms with Crippen LogP contribution in [0.25, 0.3) is 0 Å². The zero-order chi connectivity index (χ0) is 25.2. The summed E-state index contributed by atoms with van der Waals surface area (Å²) < 4.78 is 26.4. The van der Waals surface area contributed by atoms with Crippen molar-refractivity contribution in [3.05, 3.63) is 64.7 Å². The van der Waals surface area contributed by atoms with E-state index in [0.29, 0.717) is 5.02 Å². The molecule has 35 heavy (non-hydrogen) atoms. The molecule has 0 bridgehead atoms. The molecule has 0 saturated heterocycles. The van der Waals surface area contributed by atoms with Crippen LogP contribution in [0.15, 0.2) is 53.4 Å². The molecule has 1 atom stereocenters. The smallest absolute Gasteiger partial charge is 0.269 e. The first-order chi connectivity index (χ1) is 16.7. The monoisotopic (exact) mass is 517 g/mol. The molecule has 1 saturated carbocycles. The molecule has 10 heteroatoms. The van der Waals surface area contributed by atoms with Gasteiger partial charge in [-0.3, -0.25) is 14.4 Å². The summed E-state index contributed by atoms with van der Waals surface area (Å²) in [5.41, 5.74) is 0.878. The third kappa shape index (κ3) is 5.36. The maximum absolute atomic E-state index is 13.3. The second-order valence-corrected chi connectivity index (χ2v) is 11.2. The Kier molecular flexibility index (Phi) is 7.47. The lowest BCUT2D eigenvalue weighted by atomic mass is 10.1. The van der Waals surface area contributed by atoms with Crippen molar-refractivity contribution in [2.45, 2.75) is 62.6 Å². The Morgan fingerprint density at radius 3 is 2.43 bits per heavy atom. The van der Waals surface area contributed by atoms with Gasteiger partial charge in [-0.2, -0.15) is 0 Å². The van der Waals surface area contributed by atoms with Gasteiger partial charge in [0, 0.05) is 30.6 Å². The van der Waals surface area contributed by atoms with E-state index in [1.54, 1.807) is 43.3 Å². The molecule has 186 valence electrons. The molecule has 1 heterocycles. The Morgan fingerprint density at radius 2 is 1.77 bits per heavy atom. The van der Waals surface area contributed by atoms with Gasteiger partial charge < -0.3 is 10.2 Å². The highest BCUT2D eigenvalue weighted by atomic mass is 35.5. The van der Waals surface area contributed by atoms with E-state index in [1.807, 2.05) is 0 Å². The third-order valence-corrected chi connectivity index (χ3v) is 8.67. The van der Waals surface area contributed by atoms with Crippen molar-refractivity contribution in [2.24, 2.45) is 0 Å². The predicted molar refractivity (Wildman–Crippen MR) is 131 cm³/mol. The van der Waals surface area contributed by atoms with Crippen LogP contribution in [0.3, 0.4) is 0 Å². The van der Waals surface area contributed by atoms with Crippen molar-refractivity contribution in [3.63, 3.8) is 0 Å². The molecule has 2 aliphatic rings. The summed E-state index contributed by atoms with van der Waals surface area (Å²) in [5.74, 6) is -1.32. The molecule has 1 aliphatic heterocycles. The van der Waals surface area contributed by atoms with E-state index in [2.05, 4.69) is 5.32 Å². The number of hydrogen-bond donors (Lipinski definition) is 1. The summed E-state index contributed by atoms with van der Waals surface area (Å²) in [6.07, 6.45) is 3.71. The molecular formula is C25H28ClN3O5S. The van der Waals surface area contributed by atoms with Crippen LogP contribution in [0.1, 0.15) is 54.9 Å². The standard InChI is InChI=1S/C25H28ClN3O5S/c1-17(24(31)27-20-6-2-3-7-20)28(16-18-10-12-19(26)13-11-18)23(30)14-15-29-25(32)21-8-4-5-9-22(21)35(29,33)34/h4-5,8-13,17,20H,2-3,6-7,14-16H2,1H3,(H,27,31)/t17-/m0/s1. The minimum Gasteiger partial charge on any atom is -0.352 e. The largest absolute Gasteiger partial charge is 0.352 e. The summed E-state index contributed by atoms with van der Waals surface area (Å²) in [6.45, 7) is 1.50. The second kappa shape index (κ2) is 10.4. The summed E-state index contributed by atoms with van der Waals surface area (Å²) in [4.78, 5) is 40.4. The number of sulfonamides is 1. The Labute approximate surface area is 210 Å². The van der Waals surface area contributed by atoms with Crippen LogP contribution >= 0.6 is 11.6 Å². The van der Waals surface area contributed by atoms with Gasteiger partial charge in [-0.15, -0.1) is 0 Å². The third-order valence-electron chi connectivity index (χ3n) is 6.58. The van der Waals surface area contributed by atoms with Gasteiger partial charge in [-0.25, -0.2) is 12.7 Å². The van der Waals surface area contributed by atoms with Crippen LogP contribution in [0.4, 0.5) is 0 Å². The molecule has 8 nitrogen and oxygen atoms in total. The fourth-order valence-electron chi connectivity index (χ4n) is 4.55. The highest BCUT2D eigenvalue weighted by molar-refractivity contribution is 7.90. The summed E-state index contributed by atoms with van der Waals surface area (Å²) in [6, 6.07) is 12.3. The number of rotatable bonds is 8. The Bertz CT molecular complexity index is 1230. The van der Waals surface area contributed by atoms with E-state index in [-0.39, 0.29) is 41.9 Å². The van der Waals surface area contributed by atoms with Crippen molar-refractivity contribution in [3.8, 4) is 0 Å². The Morgan fingerprint density at radius 1 is 1.11 bits per heavy atom. The Balaban J connectivity index is 1.50. The summed E-state index contributed by atoms with van der Waals surface area (Å²) >= 11 is 5.98. The van der Waals surface area contributed by atoms with E-state index in [9.17, 15) is 22.8 Å². The van der Waals surface area contributed by atoms with Crippen LogP contribution < -0.4 is 5.32 Å². The maximum Gasteiger partial charge on any atom is 0.269 e. The van der Waals surface area contributed by atoms with Gasteiger partial charge in [0.25, 0.3) is 15.9 Å². The van der Waals surface area contributed by atoms with Gasteiger partial charge >= 0.3 is 0 Å². The van der Waals surface area contributed by atoms with Crippen molar-refractivity contribution in [1.29, 1.82) is 0 Å². The minimum absolute atomic E-state index is 0.0558. The quantitative estimate of drug-likeness (QED) is 0.578. The van der Waals surface area contributed by atoms with Crippen LogP contribution in [-0.2, 0) is 26.2 Å². The van der Waals surface area contributed by atoms with Gasteiger partial charge in [0.15, 0.2) is 0 Å². The molecule has 1 N–H and O–H groups in total. The molecule has 1 fully saturated rings. The molecule has 0 aromatic heterocycles. The number of fused-ring (bicyclic) bond motifs is 1. The van der Waals surface area contributed by atoms with Crippen molar-refractivity contribution < 1.29 is 22.8 Å². The first-order valence-electron chi connectivity index (χ1n) is 11.7. The fourth-order valence-corrected chi connectivity index (χ4v) is 6.25. The number of halogens is 1. The van der Waals surface area contributed by atoms with E-state index >= 15 is 0 Å². The van der Waals surface area contributed by atoms with Crippen LogP contribution in [0.2, 0.25) is 5.02 Å². The van der Waals surface area contributed by atoms with Gasteiger partial charge in [-0.1, -0.05) is 48.7 Å². The molecule has 2 aromatic rings. The van der Waals surface area contributed by atoms with Crippen LogP contribution in [0, 0.1) is 0 Å². The van der Waals surface area contributed by atoms with E-state index in [0.717, 1.165) is 35.6 Å². The highest BCUT2D eigenvalue weighted by Gasteiger charge is 2.41. The van der Waals surface area contributed by atoms with Crippen LogP contribution in [0.5, 0.6) is 0 Å².